The van der Waals surface area contributed by atoms with Gasteiger partial charge in [0.15, 0.2) is 5.82 Å². The van der Waals surface area contributed by atoms with Gasteiger partial charge in [0.1, 0.15) is 11.6 Å². The first-order valence-corrected chi connectivity index (χ1v) is 6.45. The SMILES string of the molecule is CC(CC(=O)Nc1nn(C)cc1C#N)CC(C)(C)C. The largest absolute Gasteiger partial charge is 0.308 e. The molecule has 5 heteroatoms. The van der Waals surface area contributed by atoms with Crippen LogP contribution < -0.4 is 5.32 Å². The number of carbonyl (C=O) groups is 1. The van der Waals surface area contributed by atoms with Crippen LogP contribution in [-0.2, 0) is 11.8 Å². The van der Waals surface area contributed by atoms with Crippen LogP contribution in [0.3, 0.4) is 0 Å². The molecule has 0 bridgehead atoms. The fourth-order valence-corrected chi connectivity index (χ4v) is 2.28. The van der Waals surface area contributed by atoms with Crippen molar-refractivity contribution >= 4 is 11.7 Å². The molecule has 1 aromatic rings. The average Bonchev–Trinajstić information content (AvgIpc) is 2.55. The molecule has 0 radical (unpaired) electrons. The van der Waals surface area contributed by atoms with Crippen molar-refractivity contribution in [2.24, 2.45) is 18.4 Å². The zero-order valence-electron chi connectivity index (χ0n) is 12.3. The molecule has 0 aromatic carbocycles. The van der Waals surface area contributed by atoms with Crippen molar-refractivity contribution in [1.29, 1.82) is 5.26 Å². The van der Waals surface area contributed by atoms with Gasteiger partial charge in [0.2, 0.25) is 5.91 Å². The van der Waals surface area contributed by atoms with Crippen molar-refractivity contribution in [1.82, 2.24) is 9.78 Å². The average molecular weight is 262 g/mol. The molecule has 0 aliphatic carbocycles. The van der Waals surface area contributed by atoms with E-state index in [4.69, 9.17) is 5.26 Å². The topological polar surface area (TPSA) is 70.7 Å². The maximum atomic E-state index is 11.9. The van der Waals surface area contributed by atoms with Crippen LogP contribution >= 0.6 is 0 Å². The van der Waals surface area contributed by atoms with Gasteiger partial charge in [-0.05, 0) is 17.8 Å². The third kappa shape index (κ3) is 5.12. The van der Waals surface area contributed by atoms with E-state index < -0.39 is 0 Å². The summed E-state index contributed by atoms with van der Waals surface area (Å²) < 4.78 is 1.52. The Kier molecular flexibility index (Phi) is 4.71. The standard InChI is InChI=1S/C14H22N4O/c1-10(7-14(2,3)4)6-12(19)16-13-11(8-15)9-18(5)17-13/h9-10H,6-7H2,1-5H3,(H,16,17,19). The van der Waals surface area contributed by atoms with Crippen LogP contribution in [0.5, 0.6) is 0 Å². The van der Waals surface area contributed by atoms with E-state index in [9.17, 15) is 4.79 Å². The molecule has 5 nitrogen and oxygen atoms in total. The van der Waals surface area contributed by atoms with E-state index in [1.165, 1.54) is 4.68 Å². The maximum absolute atomic E-state index is 11.9. The molecule has 1 N–H and O–H groups in total. The van der Waals surface area contributed by atoms with Gasteiger partial charge in [0.25, 0.3) is 0 Å². The molecule has 1 atom stereocenters. The van der Waals surface area contributed by atoms with Gasteiger partial charge in [0, 0.05) is 19.7 Å². The molecule has 0 aliphatic rings. The minimum absolute atomic E-state index is 0.0908. The molecule has 1 aromatic heterocycles. The number of rotatable bonds is 4. The predicted octanol–water partition coefficient (Wildman–Crippen LogP) is 2.69. The number of amides is 1. The number of carbonyl (C=O) groups excluding carboxylic acids is 1. The number of nitrogens with zero attached hydrogens (tertiary/aromatic N) is 3. The van der Waals surface area contributed by atoms with E-state index >= 15 is 0 Å². The van der Waals surface area contributed by atoms with Crippen LogP contribution in [0.4, 0.5) is 5.82 Å². The van der Waals surface area contributed by atoms with Crippen molar-refractivity contribution < 1.29 is 4.79 Å². The number of anilines is 1. The van der Waals surface area contributed by atoms with E-state index in [0.29, 0.717) is 23.7 Å². The Morgan fingerprint density at radius 3 is 2.74 bits per heavy atom. The second kappa shape index (κ2) is 5.87. The molecule has 19 heavy (non-hydrogen) atoms. The highest BCUT2D eigenvalue weighted by molar-refractivity contribution is 5.91. The highest BCUT2D eigenvalue weighted by Gasteiger charge is 2.19. The molecule has 0 aliphatic heterocycles. The van der Waals surface area contributed by atoms with Crippen LogP contribution in [0.2, 0.25) is 0 Å². The molecular formula is C14H22N4O. The number of hydrogen-bond donors (Lipinski definition) is 1. The summed E-state index contributed by atoms with van der Waals surface area (Å²) in [5, 5.41) is 15.7. The molecule has 0 spiro atoms. The van der Waals surface area contributed by atoms with E-state index in [2.05, 4.69) is 38.1 Å². The lowest BCUT2D eigenvalue weighted by Gasteiger charge is -2.22. The van der Waals surface area contributed by atoms with Crippen molar-refractivity contribution in [2.75, 3.05) is 5.32 Å². The Morgan fingerprint density at radius 1 is 1.58 bits per heavy atom. The highest BCUT2D eigenvalue weighted by atomic mass is 16.1. The third-order valence-corrected chi connectivity index (χ3v) is 2.70. The Labute approximate surface area is 114 Å². The summed E-state index contributed by atoms with van der Waals surface area (Å²) in [6, 6.07) is 2.02. The van der Waals surface area contributed by atoms with Crippen LogP contribution in [0.15, 0.2) is 6.20 Å². The molecule has 1 rings (SSSR count). The van der Waals surface area contributed by atoms with Gasteiger partial charge in [-0.3, -0.25) is 9.48 Å². The molecule has 0 saturated heterocycles. The second-order valence-corrected chi connectivity index (χ2v) is 6.30. The molecule has 104 valence electrons. The summed E-state index contributed by atoms with van der Waals surface area (Å²) in [6.07, 6.45) is 3.01. The van der Waals surface area contributed by atoms with Crippen molar-refractivity contribution in [3.8, 4) is 6.07 Å². The van der Waals surface area contributed by atoms with Gasteiger partial charge in [-0.15, -0.1) is 0 Å². The van der Waals surface area contributed by atoms with Crippen LogP contribution in [-0.4, -0.2) is 15.7 Å². The van der Waals surface area contributed by atoms with Crippen molar-refractivity contribution in [3.63, 3.8) is 0 Å². The third-order valence-electron chi connectivity index (χ3n) is 2.70. The summed E-state index contributed by atoms with van der Waals surface area (Å²) in [7, 11) is 1.72. The predicted molar refractivity (Wildman–Crippen MR) is 74.4 cm³/mol. The first kappa shape index (κ1) is 15.2. The Balaban J connectivity index is 2.58. The van der Waals surface area contributed by atoms with Gasteiger partial charge in [0.05, 0.1) is 0 Å². The lowest BCUT2D eigenvalue weighted by molar-refractivity contribution is -0.117. The Hall–Kier alpha value is -1.83. The smallest absolute Gasteiger partial charge is 0.225 e. The van der Waals surface area contributed by atoms with E-state index in [1.54, 1.807) is 13.2 Å². The van der Waals surface area contributed by atoms with Gasteiger partial charge >= 0.3 is 0 Å². The lowest BCUT2D eigenvalue weighted by atomic mass is 9.84. The molecule has 1 unspecified atom stereocenters. The second-order valence-electron chi connectivity index (χ2n) is 6.30. The van der Waals surface area contributed by atoms with Gasteiger partial charge in [-0.25, -0.2) is 0 Å². The fourth-order valence-electron chi connectivity index (χ4n) is 2.28. The molecular weight excluding hydrogens is 240 g/mol. The zero-order chi connectivity index (χ0) is 14.6. The summed E-state index contributed by atoms with van der Waals surface area (Å²) in [5.41, 5.74) is 0.599. The van der Waals surface area contributed by atoms with Crippen LogP contribution in [0.25, 0.3) is 0 Å². The molecule has 1 amide bonds. The van der Waals surface area contributed by atoms with Gasteiger partial charge in [-0.2, -0.15) is 10.4 Å². The number of nitriles is 1. The summed E-state index contributed by atoms with van der Waals surface area (Å²) in [6.45, 7) is 8.55. The minimum Gasteiger partial charge on any atom is -0.308 e. The number of hydrogen-bond acceptors (Lipinski definition) is 3. The number of aryl methyl sites for hydroxylation is 1. The van der Waals surface area contributed by atoms with Crippen LogP contribution in [0.1, 0.15) is 46.1 Å². The van der Waals surface area contributed by atoms with E-state index in [0.717, 1.165) is 6.42 Å². The summed E-state index contributed by atoms with van der Waals surface area (Å²) in [4.78, 5) is 11.9. The summed E-state index contributed by atoms with van der Waals surface area (Å²) in [5.74, 6) is 0.555. The number of nitrogens with one attached hydrogen (secondary N) is 1. The normalized spacial score (nSPS) is 12.8. The maximum Gasteiger partial charge on any atom is 0.225 e. The van der Waals surface area contributed by atoms with Gasteiger partial charge in [-0.1, -0.05) is 27.7 Å². The fraction of sp³-hybridized carbons (Fsp3) is 0.643. The molecule has 1 heterocycles. The Bertz CT molecular complexity index is 491. The monoisotopic (exact) mass is 262 g/mol. The summed E-state index contributed by atoms with van der Waals surface area (Å²) >= 11 is 0. The molecule has 0 fully saturated rings. The first-order valence-electron chi connectivity index (χ1n) is 6.45. The zero-order valence-corrected chi connectivity index (χ0v) is 12.3. The van der Waals surface area contributed by atoms with Crippen molar-refractivity contribution in [2.45, 2.75) is 40.5 Å². The van der Waals surface area contributed by atoms with Crippen LogP contribution in [0, 0.1) is 22.7 Å². The first-order chi connectivity index (χ1) is 8.71. The van der Waals surface area contributed by atoms with Crippen molar-refractivity contribution in [3.05, 3.63) is 11.8 Å². The quantitative estimate of drug-likeness (QED) is 0.906. The van der Waals surface area contributed by atoms with E-state index in [-0.39, 0.29) is 11.3 Å². The van der Waals surface area contributed by atoms with E-state index in [1.807, 2.05) is 6.07 Å². The van der Waals surface area contributed by atoms with Gasteiger partial charge < -0.3 is 5.32 Å². The highest BCUT2D eigenvalue weighted by Crippen LogP contribution is 2.26. The minimum atomic E-state index is -0.0908. The number of aromatic nitrogens is 2. The Morgan fingerprint density at radius 2 is 2.21 bits per heavy atom. The molecule has 0 saturated carbocycles. The lowest BCUT2D eigenvalue weighted by Crippen LogP contribution is -2.19.